The zero-order valence-corrected chi connectivity index (χ0v) is 12.3. The van der Waals surface area contributed by atoms with E-state index in [2.05, 4.69) is 30.1 Å². The maximum Gasteiger partial charge on any atom is 0.508 e. The van der Waals surface area contributed by atoms with Crippen molar-refractivity contribution in [3.05, 3.63) is 47.7 Å². The molecule has 0 saturated heterocycles. The lowest BCUT2D eigenvalue weighted by Crippen LogP contribution is -2.17. The second-order valence-corrected chi connectivity index (χ2v) is 10.2. The Morgan fingerprint density at radius 2 is 1.83 bits per heavy atom. The summed E-state index contributed by atoms with van der Waals surface area (Å²) in [6.45, 7) is 6.68. The molecule has 0 unspecified atom stereocenters. The van der Waals surface area contributed by atoms with Gasteiger partial charge in [0.2, 0.25) is 0 Å². The minimum Gasteiger partial charge on any atom is -0.438 e. The fourth-order valence-corrected chi connectivity index (χ4v) is 2.14. The third kappa shape index (κ3) is 5.18. The zero-order chi connectivity index (χ0) is 13.6. The quantitative estimate of drug-likeness (QED) is 0.610. The second-order valence-electron chi connectivity index (χ2n) is 5.13. The standard InChI is InChI=1S/C14H20O3Si/c1-16-14(15)17-13(10-11-18(2,3)4)12-8-6-5-7-9-12/h5-11,13H,1-4H3/b11-10+/t13-/m1/s1. The Kier molecular flexibility index (Phi) is 5.16. The van der Waals surface area contributed by atoms with Crippen LogP contribution in [0.25, 0.3) is 0 Å². The van der Waals surface area contributed by atoms with E-state index in [0.29, 0.717) is 0 Å². The first-order chi connectivity index (χ1) is 8.42. The van der Waals surface area contributed by atoms with Crippen molar-refractivity contribution in [3.8, 4) is 0 Å². The van der Waals surface area contributed by atoms with Crippen molar-refractivity contribution >= 4 is 14.2 Å². The SMILES string of the molecule is COC(=O)O[C@H](/C=C/[Si](C)(C)C)c1ccccc1. The highest BCUT2D eigenvalue weighted by atomic mass is 28.3. The van der Waals surface area contributed by atoms with Crippen molar-refractivity contribution in [2.45, 2.75) is 25.7 Å². The monoisotopic (exact) mass is 264 g/mol. The zero-order valence-electron chi connectivity index (χ0n) is 11.3. The van der Waals surface area contributed by atoms with Crippen LogP contribution in [0.3, 0.4) is 0 Å². The molecular weight excluding hydrogens is 244 g/mol. The highest BCUT2D eigenvalue weighted by Gasteiger charge is 2.16. The van der Waals surface area contributed by atoms with Crippen molar-refractivity contribution in [1.29, 1.82) is 0 Å². The van der Waals surface area contributed by atoms with Crippen molar-refractivity contribution in [3.63, 3.8) is 0 Å². The molecule has 0 N–H and O–H groups in total. The van der Waals surface area contributed by atoms with Crippen LogP contribution in [0.1, 0.15) is 11.7 Å². The molecule has 0 aromatic heterocycles. The fourth-order valence-electron chi connectivity index (χ4n) is 1.39. The van der Waals surface area contributed by atoms with Gasteiger partial charge in [-0.15, -0.1) is 0 Å². The molecule has 0 saturated carbocycles. The predicted octanol–water partition coefficient (Wildman–Crippen LogP) is 3.94. The number of methoxy groups -OCH3 is 1. The smallest absolute Gasteiger partial charge is 0.438 e. The summed E-state index contributed by atoms with van der Waals surface area (Å²) in [4.78, 5) is 11.3. The Morgan fingerprint density at radius 1 is 1.22 bits per heavy atom. The maximum atomic E-state index is 11.3. The number of carbonyl (C=O) groups is 1. The molecule has 0 aliphatic rings. The first-order valence-corrected chi connectivity index (χ1v) is 9.49. The molecule has 0 fully saturated rings. The van der Waals surface area contributed by atoms with Crippen LogP contribution in [0.15, 0.2) is 42.1 Å². The van der Waals surface area contributed by atoms with Crippen LogP contribution >= 0.6 is 0 Å². The number of hydrogen-bond donors (Lipinski definition) is 0. The third-order valence-corrected chi connectivity index (χ3v) is 3.48. The minimum atomic E-state index is -1.33. The van der Waals surface area contributed by atoms with E-state index in [4.69, 9.17) is 4.74 Å². The largest absolute Gasteiger partial charge is 0.508 e. The molecule has 98 valence electrons. The average molecular weight is 264 g/mol. The van der Waals surface area contributed by atoms with Crippen LogP contribution in [-0.2, 0) is 9.47 Å². The Bertz CT molecular complexity index is 407. The summed E-state index contributed by atoms with van der Waals surface area (Å²) in [6.07, 6.45) is 0.896. The van der Waals surface area contributed by atoms with Gasteiger partial charge in [0.1, 0.15) is 6.10 Å². The summed E-state index contributed by atoms with van der Waals surface area (Å²) in [7, 11) is -0.0147. The normalized spacial score (nSPS) is 13.3. The van der Waals surface area contributed by atoms with E-state index in [-0.39, 0.29) is 6.10 Å². The second kappa shape index (κ2) is 6.40. The summed E-state index contributed by atoms with van der Waals surface area (Å²) in [6, 6.07) is 9.64. The van der Waals surface area contributed by atoms with E-state index in [1.54, 1.807) is 0 Å². The molecule has 18 heavy (non-hydrogen) atoms. The molecule has 0 aliphatic heterocycles. The van der Waals surface area contributed by atoms with Gasteiger partial charge in [-0.25, -0.2) is 4.79 Å². The van der Waals surface area contributed by atoms with E-state index in [9.17, 15) is 4.79 Å². The van der Waals surface area contributed by atoms with Crippen molar-refractivity contribution < 1.29 is 14.3 Å². The van der Waals surface area contributed by atoms with Crippen LogP contribution in [0, 0.1) is 0 Å². The number of rotatable bonds is 4. The van der Waals surface area contributed by atoms with Gasteiger partial charge in [-0.1, -0.05) is 55.7 Å². The van der Waals surface area contributed by atoms with Gasteiger partial charge < -0.3 is 9.47 Å². The van der Waals surface area contributed by atoms with Crippen LogP contribution < -0.4 is 0 Å². The molecule has 0 bridgehead atoms. The molecule has 1 atom stereocenters. The summed E-state index contributed by atoms with van der Waals surface area (Å²) in [5.41, 5.74) is 3.10. The molecule has 0 aliphatic carbocycles. The van der Waals surface area contributed by atoms with Crippen LogP contribution in [0.2, 0.25) is 19.6 Å². The maximum absolute atomic E-state index is 11.3. The Labute approximate surface area is 109 Å². The van der Waals surface area contributed by atoms with Crippen LogP contribution in [0.4, 0.5) is 4.79 Å². The molecular formula is C14H20O3Si. The van der Waals surface area contributed by atoms with Gasteiger partial charge in [0.25, 0.3) is 0 Å². The topological polar surface area (TPSA) is 35.5 Å². The number of benzene rings is 1. The molecule has 0 spiro atoms. The fraction of sp³-hybridized carbons (Fsp3) is 0.357. The lowest BCUT2D eigenvalue weighted by Gasteiger charge is -2.16. The molecule has 1 aromatic rings. The summed E-state index contributed by atoms with van der Waals surface area (Å²) >= 11 is 0. The van der Waals surface area contributed by atoms with Crippen molar-refractivity contribution in [2.75, 3.05) is 7.11 Å². The van der Waals surface area contributed by atoms with E-state index < -0.39 is 14.2 Å². The summed E-state index contributed by atoms with van der Waals surface area (Å²) in [5.74, 6) is 0. The molecule has 3 nitrogen and oxygen atoms in total. The third-order valence-electron chi connectivity index (χ3n) is 2.29. The average Bonchev–Trinajstić information content (AvgIpc) is 2.34. The molecule has 0 radical (unpaired) electrons. The van der Waals surface area contributed by atoms with E-state index in [0.717, 1.165) is 5.56 Å². The number of carbonyl (C=O) groups excluding carboxylic acids is 1. The Hall–Kier alpha value is -1.55. The highest BCUT2D eigenvalue weighted by Crippen LogP contribution is 2.20. The predicted molar refractivity (Wildman–Crippen MR) is 75.2 cm³/mol. The van der Waals surface area contributed by atoms with Crippen molar-refractivity contribution in [2.24, 2.45) is 0 Å². The lowest BCUT2D eigenvalue weighted by atomic mass is 10.1. The van der Waals surface area contributed by atoms with Gasteiger partial charge in [-0.2, -0.15) is 0 Å². The van der Waals surface area contributed by atoms with E-state index >= 15 is 0 Å². The first kappa shape index (κ1) is 14.5. The van der Waals surface area contributed by atoms with Gasteiger partial charge in [0, 0.05) is 0 Å². The molecule has 4 heteroatoms. The van der Waals surface area contributed by atoms with Gasteiger partial charge in [0.05, 0.1) is 15.2 Å². The van der Waals surface area contributed by atoms with E-state index in [1.165, 1.54) is 7.11 Å². The van der Waals surface area contributed by atoms with Gasteiger partial charge >= 0.3 is 6.16 Å². The Morgan fingerprint density at radius 3 is 2.33 bits per heavy atom. The molecule has 0 amide bonds. The first-order valence-electron chi connectivity index (χ1n) is 5.91. The number of ether oxygens (including phenoxy) is 2. The van der Waals surface area contributed by atoms with Crippen molar-refractivity contribution in [1.82, 2.24) is 0 Å². The summed E-state index contributed by atoms with van der Waals surface area (Å²) in [5, 5.41) is 0. The van der Waals surface area contributed by atoms with Crippen LogP contribution in [-0.4, -0.2) is 21.3 Å². The van der Waals surface area contributed by atoms with Gasteiger partial charge in [-0.3, -0.25) is 0 Å². The van der Waals surface area contributed by atoms with Gasteiger partial charge in [0.15, 0.2) is 0 Å². The van der Waals surface area contributed by atoms with Gasteiger partial charge in [-0.05, 0) is 11.6 Å². The lowest BCUT2D eigenvalue weighted by molar-refractivity contribution is 0.0522. The van der Waals surface area contributed by atoms with Crippen LogP contribution in [0.5, 0.6) is 0 Å². The van der Waals surface area contributed by atoms with E-state index in [1.807, 2.05) is 36.4 Å². The highest BCUT2D eigenvalue weighted by molar-refractivity contribution is 6.80. The number of hydrogen-bond acceptors (Lipinski definition) is 3. The minimum absolute atomic E-state index is 0.384. The summed E-state index contributed by atoms with van der Waals surface area (Å²) < 4.78 is 9.81. The molecule has 1 aromatic carbocycles. The molecule has 1 rings (SSSR count). The Balaban J connectivity index is 2.89. The molecule has 0 heterocycles.